The lowest BCUT2D eigenvalue weighted by Crippen LogP contribution is -2.41. The van der Waals surface area contributed by atoms with Gasteiger partial charge >= 0.3 is 0 Å². The number of aryl methyl sites for hydroxylation is 1. The first kappa shape index (κ1) is 25.5. The number of allylic oxidation sites excluding steroid dienone is 5. The second kappa shape index (κ2) is 8.73. The predicted molar refractivity (Wildman–Crippen MR) is 162 cm³/mol. The van der Waals surface area contributed by atoms with Gasteiger partial charge in [-0.3, -0.25) is 0 Å². The highest BCUT2D eigenvalue weighted by molar-refractivity contribution is 6.82. The van der Waals surface area contributed by atoms with Crippen LogP contribution in [-0.4, -0.2) is 8.07 Å². The van der Waals surface area contributed by atoms with Crippen LogP contribution in [0.3, 0.4) is 0 Å². The van der Waals surface area contributed by atoms with Crippen molar-refractivity contribution in [1.82, 2.24) is 0 Å². The van der Waals surface area contributed by atoms with E-state index in [1.54, 1.807) is 50.1 Å². The van der Waals surface area contributed by atoms with Gasteiger partial charge in [0.05, 0.1) is 8.07 Å². The summed E-state index contributed by atoms with van der Waals surface area (Å²) in [5.74, 6) is 0. The molecule has 3 aliphatic rings. The minimum Gasteiger partial charge on any atom is -0.0679 e. The summed E-state index contributed by atoms with van der Waals surface area (Å²) in [6.45, 7) is 24.2. The molecule has 0 saturated carbocycles. The summed E-state index contributed by atoms with van der Waals surface area (Å²) in [5.41, 5.74) is 20.2. The fourth-order valence-corrected chi connectivity index (χ4v) is 13.3. The largest absolute Gasteiger partial charge is 0.0717 e. The van der Waals surface area contributed by atoms with Gasteiger partial charge < -0.3 is 0 Å². The van der Waals surface area contributed by atoms with Gasteiger partial charge in [-0.05, 0) is 121 Å². The van der Waals surface area contributed by atoms with Crippen LogP contribution in [-0.2, 0) is 18.3 Å². The first-order valence-electron chi connectivity index (χ1n) is 14.2. The van der Waals surface area contributed by atoms with E-state index < -0.39 is 8.07 Å². The quantitative estimate of drug-likeness (QED) is 0.372. The van der Waals surface area contributed by atoms with Gasteiger partial charge in [0.25, 0.3) is 0 Å². The molecule has 0 radical (unpaired) electrons. The van der Waals surface area contributed by atoms with Gasteiger partial charge in [0.15, 0.2) is 0 Å². The Hall–Kier alpha value is -2.12. The van der Waals surface area contributed by atoms with Crippen LogP contribution in [0.2, 0.25) is 18.6 Å². The SMILES string of the molecule is CC1=Cc2c(cc3c(c2-c2ccc(C(C)(C)C)cc2)CCCC3)C1[Si](C)(C)C1C(C)=C(C)C(C)=C1C. The van der Waals surface area contributed by atoms with Crippen molar-refractivity contribution in [2.24, 2.45) is 0 Å². The molecule has 1 unspecified atom stereocenters. The fraction of sp³-hybridized carbons (Fsp3) is 0.486. The molecule has 0 amide bonds. The smallest absolute Gasteiger partial charge is 0.0679 e. The van der Waals surface area contributed by atoms with Gasteiger partial charge in [0.2, 0.25) is 0 Å². The van der Waals surface area contributed by atoms with E-state index in [4.69, 9.17) is 0 Å². The molecule has 0 saturated heterocycles. The maximum Gasteiger partial charge on any atom is 0.0717 e. The minimum absolute atomic E-state index is 0.183. The summed E-state index contributed by atoms with van der Waals surface area (Å²) >= 11 is 0. The third-order valence-corrected chi connectivity index (χ3v) is 14.6. The molecule has 0 aliphatic heterocycles. The van der Waals surface area contributed by atoms with Gasteiger partial charge in [-0.15, -0.1) is 0 Å². The Morgan fingerprint density at radius 2 is 1.36 bits per heavy atom. The Kier molecular flexibility index (Phi) is 6.19. The molecule has 1 heteroatoms. The second-order valence-electron chi connectivity index (χ2n) is 13.6. The molecular formula is C35H46Si. The average molecular weight is 495 g/mol. The van der Waals surface area contributed by atoms with Crippen LogP contribution in [0, 0.1) is 0 Å². The second-order valence-corrected chi connectivity index (χ2v) is 18.4. The summed E-state index contributed by atoms with van der Waals surface area (Å²) in [5, 5.41) is 0. The Bertz CT molecular complexity index is 1290. The van der Waals surface area contributed by atoms with Gasteiger partial charge in [-0.1, -0.05) is 87.0 Å². The molecule has 190 valence electrons. The minimum atomic E-state index is -1.75. The Morgan fingerprint density at radius 1 is 0.778 bits per heavy atom. The maximum atomic E-state index is 2.67. The van der Waals surface area contributed by atoms with Gasteiger partial charge in [-0.2, -0.15) is 0 Å². The van der Waals surface area contributed by atoms with Crippen molar-refractivity contribution in [2.45, 2.75) is 111 Å². The van der Waals surface area contributed by atoms with Crippen LogP contribution >= 0.6 is 0 Å². The Balaban J connectivity index is 1.69. The van der Waals surface area contributed by atoms with Crippen LogP contribution in [0.5, 0.6) is 0 Å². The normalized spacial score (nSPS) is 20.7. The first-order chi connectivity index (χ1) is 16.8. The highest BCUT2D eigenvalue weighted by Crippen LogP contribution is 2.56. The van der Waals surface area contributed by atoms with Gasteiger partial charge in [-0.25, -0.2) is 0 Å². The molecular weight excluding hydrogens is 448 g/mol. The molecule has 1 atom stereocenters. The highest BCUT2D eigenvalue weighted by atomic mass is 28.3. The maximum absolute atomic E-state index is 2.67. The van der Waals surface area contributed by atoms with Crippen molar-refractivity contribution < 1.29 is 0 Å². The van der Waals surface area contributed by atoms with E-state index in [1.807, 2.05) is 0 Å². The van der Waals surface area contributed by atoms with Gasteiger partial charge in [0, 0.05) is 5.54 Å². The van der Waals surface area contributed by atoms with E-state index in [2.05, 4.69) is 105 Å². The third kappa shape index (κ3) is 3.85. The number of hydrogen-bond acceptors (Lipinski definition) is 0. The van der Waals surface area contributed by atoms with Gasteiger partial charge in [0.1, 0.15) is 0 Å². The van der Waals surface area contributed by atoms with Crippen LogP contribution in [0.15, 0.2) is 58.2 Å². The van der Waals surface area contributed by atoms with Crippen LogP contribution < -0.4 is 0 Å². The van der Waals surface area contributed by atoms with E-state index in [1.165, 1.54) is 42.4 Å². The fourth-order valence-electron chi connectivity index (χ4n) is 7.98. The number of fused-ring (bicyclic) bond motifs is 2. The summed E-state index contributed by atoms with van der Waals surface area (Å²) < 4.78 is 0. The monoisotopic (exact) mass is 494 g/mol. The molecule has 3 aliphatic carbocycles. The molecule has 0 N–H and O–H groups in total. The van der Waals surface area contributed by atoms with Crippen molar-refractivity contribution >= 4 is 14.1 Å². The molecule has 0 fully saturated rings. The highest BCUT2D eigenvalue weighted by Gasteiger charge is 2.47. The van der Waals surface area contributed by atoms with Crippen molar-refractivity contribution in [3.8, 4) is 11.1 Å². The summed E-state index contributed by atoms with van der Waals surface area (Å²) in [6.07, 6.45) is 7.70. The Morgan fingerprint density at radius 3 is 1.94 bits per heavy atom. The van der Waals surface area contributed by atoms with E-state index in [0.29, 0.717) is 11.1 Å². The lowest BCUT2D eigenvalue weighted by atomic mass is 9.80. The topological polar surface area (TPSA) is 0 Å². The van der Waals surface area contributed by atoms with E-state index in [9.17, 15) is 0 Å². The van der Waals surface area contributed by atoms with Crippen molar-refractivity contribution in [1.29, 1.82) is 0 Å². The zero-order chi connectivity index (χ0) is 26.2. The summed E-state index contributed by atoms with van der Waals surface area (Å²) in [4.78, 5) is 0. The van der Waals surface area contributed by atoms with E-state index >= 15 is 0 Å². The standard InChI is InChI=1S/C35H46Si/c1-21-19-30-31(33(21)36(9,10)34-24(4)22(2)23(3)25(34)5)20-27-13-11-12-14-29(27)32(30)26-15-17-28(18-16-26)35(6,7)8/h15-20,33-34H,11-14H2,1-10H3. The molecule has 2 aromatic carbocycles. The van der Waals surface area contributed by atoms with Crippen molar-refractivity contribution in [3.05, 3.63) is 86.0 Å². The lowest BCUT2D eigenvalue weighted by Gasteiger charge is -2.40. The lowest BCUT2D eigenvalue weighted by molar-refractivity contribution is 0.590. The zero-order valence-corrected chi connectivity index (χ0v) is 25.4. The molecule has 0 heterocycles. The summed E-state index contributed by atoms with van der Waals surface area (Å²) in [7, 11) is -1.75. The number of benzene rings is 2. The number of rotatable bonds is 3. The molecule has 0 aromatic heterocycles. The molecule has 0 bridgehead atoms. The molecule has 5 rings (SSSR count). The van der Waals surface area contributed by atoms with E-state index in [0.717, 1.165) is 0 Å². The zero-order valence-electron chi connectivity index (χ0n) is 24.4. The molecule has 0 nitrogen and oxygen atoms in total. The molecule has 36 heavy (non-hydrogen) atoms. The Labute approximate surface area is 221 Å². The molecule has 2 aromatic rings. The molecule has 0 spiro atoms. The van der Waals surface area contributed by atoms with Crippen molar-refractivity contribution in [2.75, 3.05) is 0 Å². The van der Waals surface area contributed by atoms with Crippen molar-refractivity contribution in [3.63, 3.8) is 0 Å². The van der Waals surface area contributed by atoms with Crippen LogP contribution in [0.25, 0.3) is 17.2 Å². The van der Waals surface area contributed by atoms with E-state index in [-0.39, 0.29) is 5.41 Å². The predicted octanol–water partition coefficient (Wildman–Crippen LogP) is 10.3. The van der Waals surface area contributed by atoms with Crippen LogP contribution in [0.1, 0.15) is 102 Å². The third-order valence-electron chi connectivity index (χ3n) is 10.00. The van der Waals surface area contributed by atoms with Crippen LogP contribution in [0.4, 0.5) is 0 Å². The summed E-state index contributed by atoms with van der Waals surface area (Å²) in [6, 6.07) is 12.2. The first-order valence-corrected chi connectivity index (χ1v) is 17.3. The number of hydrogen-bond donors (Lipinski definition) is 0. The average Bonchev–Trinajstić information content (AvgIpc) is 3.25.